The third-order valence-corrected chi connectivity index (χ3v) is 3.32. The third kappa shape index (κ3) is 5.28. The Bertz CT molecular complexity index is 173. The molecule has 0 amide bonds. The van der Waals surface area contributed by atoms with Crippen LogP contribution in [0.1, 0.15) is 46.0 Å². The molecule has 0 radical (unpaired) electrons. The maximum absolute atomic E-state index is 5.46. The van der Waals surface area contributed by atoms with E-state index in [1.54, 1.807) is 0 Å². The van der Waals surface area contributed by atoms with Crippen molar-refractivity contribution in [2.45, 2.75) is 64.1 Å². The molecule has 0 saturated heterocycles. The zero-order valence-electron chi connectivity index (χ0n) is 11.1. The highest BCUT2D eigenvalue weighted by atomic mass is 16.5. The normalized spacial score (nSPS) is 25.5. The van der Waals surface area contributed by atoms with E-state index in [9.17, 15) is 0 Å². The molecule has 1 rings (SSSR count). The Morgan fingerprint density at radius 1 is 1.19 bits per heavy atom. The van der Waals surface area contributed by atoms with Gasteiger partial charge in [-0.1, -0.05) is 13.8 Å². The van der Waals surface area contributed by atoms with Gasteiger partial charge in [-0.25, -0.2) is 0 Å². The fraction of sp³-hybridized carbons (Fsp3) is 1.00. The molecular weight excluding hydrogens is 200 g/mol. The largest absolute Gasteiger partial charge is 0.380 e. The van der Waals surface area contributed by atoms with Gasteiger partial charge in [0.15, 0.2) is 0 Å². The minimum Gasteiger partial charge on any atom is -0.380 e. The second-order valence-corrected chi connectivity index (χ2v) is 5.08. The third-order valence-electron chi connectivity index (χ3n) is 3.32. The predicted molar refractivity (Wildman–Crippen MR) is 68.8 cm³/mol. The maximum atomic E-state index is 5.46. The highest BCUT2D eigenvalue weighted by molar-refractivity contribution is 4.83. The Labute approximate surface area is 100 Å². The van der Waals surface area contributed by atoms with Crippen LogP contribution in [0.25, 0.3) is 0 Å². The fourth-order valence-corrected chi connectivity index (χ4v) is 2.37. The molecule has 2 atom stereocenters. The zero-order chi connectivity index (χ0) is 11.8. The lowest BCUT2D eigenvalue weighted by atomic mass is 10.2. The number of hydrogen-bond acceptors (Lipinski definition) is 3. The quantitative estimate of drug-likeness (QED) is 0.623. The standard InChI is InChI=1S/C13H28N2O/c1-11(2)14-9-4-5-10-15-12-7-6-8-13(12)16-3/h11-15H,4-10H2,1-3H3. The van der Waals surface area contributed by atoms with Crippen molar-refractivity contribution < 1.29 is 4.74 Å². The van der Waals surface area contributed by atoms with Gasteiger partial charge < -0.3 is 15.4 Å². The SMILES string of the molecule is COC1CCCC1NCCCCNC(C)C. The molecule has 1 aliphatic rings. The predicted octanol–water partition coefficient (Wildman–Crippen LogP) is 1.92. The lowest BCUT2D eigenvalue weighted by Crippen LogP contribution is -2.37. The highest BCUT2D eigenvalue weighted by Crippen LogP contribution is 2.21. The molecule has 2 unspecified atom stereocenters. The molecule has 0 bridgehead atoms. The topological polar surface area (TPSA) is 33.3 Å². The number of nitrogens with one attached hydrogen (secondary N) is 2. The highest BCUT2D eigenvalue weighted by Gasteiger charge is 2.25. The molecule has 96 valence electrons. The van der Waals surface area contributed by atoms with E-state index in [4.69, 9.17) is 4.74 Å². The van der Waals surface area contributed by atoms with Gasteiger partial charge in [0.2, 0.25) is 0 Å². The van der Waals surface area contributed by atoms with Crippen molar-refractivity contribution in [2.75, 3.05) is 20.2 Å². The molecule has 2 N–H and O–H groups in total. The number of ether oxygens (including phenoxy) is 1. The Morgan fingerprint density at radius 3 is 2.62 bits per heavy atom. The minimum absolute atomic E-state index is 0.453. The van der Waals surface area contributed by atoms with Crippen LogP contribution < -0.4 is 10.6 Å². The van der Waals surface area contributed by atoms with Crippen molar-refractivity contribution in [1.82, 2.24) is 10.6 Å². The van der Waals surface area contributed by atoms with E-state index in [0.29, 0.717) is 18.2 Å². The van der Waals surface area contributed by atoms with Crippen molar-refractivity contribution in [1.29, 1.82) is 0 Å². The van der Waals surface area contributed by atoms with Crippen LogP contribution in [0.5, 0.6) is 0 Å². The van der Waals surface area contributed by atoms with Gasteiger partial charge in [-0.15, -0.1) is 0 Å². The van der Waals surface area contributed by atoms with Crippen molar-refractivity contribution in [3.63, 3.8) is 0 Å². The van der Waals surface area contributed by atoms with Gasteiger partial charge in [0.1, 0.15) is 0 Å². The summed E-state index contributed by atoms with van der Waals surface area (Å²) in [4.78, 5) is 0. The van der Waals surface area contributed by atoms with Gasteiger partial charge in [-0.3, -0.25) is 0 Å². The van der Waals surface area contributed by atoms with Crippen molar-refractivity contribution >= 4 is 0 Å². The molecule has 1 saturated carbocycles. The van der Waals surface area contributed by atoms with Crippen LogP contribution in [0.3, 0.4) is 0 Å². The smallest absolute Gasteiger partial charge is 0.0724 e. The summed E-state index contributed by atoms with van der Waals surface area (Å²) in [6.45, 7) is 6.65. The van der Waals surface area contributed by atoms with Gasteiger partial charge >= 0.3 is 0 Å². The Balaban J connectivity index is 1.94. The van der Waals surface area contributed by atoms with Crippen LogP contribution in [0.15, 0.2) is 0 Å². The van der Waals surface area contributed by atoms with Crippen LogP contribution in [0.4, 0.5) is 0 Å². The Morgan fingerprint density at radius 2 is 1.94 bits per heavy atom. The molecular formula is C13H28N2O. The average molecular weight is 228 g/mol. The molecule has 3 heteroatoms. The van der Waals surface area contributed by atoms with Gasteiger partial charge in [-0.05, 0) is 45.2 Å². The summed E-state index contributed by atoms with van der Waals surface area (Å²) in [7, 11) is 1.83. The monoisotopic (exact) mass is 228 g/mol. The number of methoxy groups -OCH3 is 1. The summed E-state index contributed by atoms with van der Waals surface area (Å²) in [6.07, 6.45) is 6.79. The molecule has 3 nitrogen and oxygen atoms in total. The first kappa shape index (κ1) is 13.9. The van der Waals surface area contributed by atoms with Crippen LogP contribution in [0, 0.1) is 0 Å². The van der Waals surface area contributed by atoms with Gasteiger partial charge in [0.05, 0.1) is 6.10 Å². The van der Waals surface area contributed by atoms with E-state index < -0.39 is 0 Å². The van der Waals surface area contributed by atoms with Crippen molar-refractivity contribution in [3.8, 4) is 0 Å². The summed E-state index contributed by atoms with van der Waals surface area (Å²) in [5, 5.41) is 7.06. The molecule has 0 heterocycles. The molecule has 16 heavy (non-hydrogen) atoms. The van der Waals surface area contributed by atoms with E-state index >= 15 is 0 Å². The van der Waals surface area contributed by atoms with Gasteiger partial charge in [0.25, 0.3) is 0 Å². The minimum atomic E-state index is 0.453. The van der Waals surface area contributed by atoms with E-state index in [0.717, 1.165) is 13.1 Å². The molecule has 0 aliphatic heterocycles. The van der Waals surface area contributed by atoms with Crippen molar-refractivity contribution in [2.24, 2.45) is 0 Å². The number of unbranched alkanes of at least 4 members (excludes halogenated alkanes) is 1. The summed E-state index contributed by atoms with van der Waals surface area (Å²) in [5.41, 5.74) is 0. The van der Waals surface area contributed by atoms with Crippen LogP contribution >= 0.6 is 0 Å². The zero-order valence-corrected chi connectivity index (χ0v) is 11.1. The second kappa shape index (κ2) is 8.04. The fourth-order valence-electron chi connectivity index (χ4n) is 2.37. The first-order valence-electron chi connectivity index (χ1n) is 6.73. The molecule has 0 aromatic carbocycles. The van der Waals surface area contributed by atoms with Crippen LogP contribution in [-0.4, -0.2) is 38.4 Å². The lowest BCUT2D eigenvalue weighted by Gasteiger charge is -2.19. The first-order valence-corrected chi connectivity index (χ1v) is 6.73. The lowest BCUT2D eigenvalue weighted by molar-refractivity contribution is 0.0852. The van der Waals surface area contributed by atoms with Gasteiger partial charge in [-0.2, -0.15) is 0 Å². The molecule has 1 fully saturated rings. The average Bonchev–Trinajstić information content (AvgIpc) is 2.70. The Hall–Kier alpha value is -0.120. The maximum Gasteiger partial charge on any atom is 0.0724 e. The molecule has 0 aromatic heterocycles. The summed E-state index contributed by atoms with van der Waals surface area (Å²) >= 11 is 0. The molecule has 0 aromatic rings. The molecule has 0 spiro atoms. The summed E-state index contributed by atoms with van der Waals surface area (Å²) in [6, 6.07) is 1.21. The van der Waals surface area contributed by atoms with Crippen LogP contribution in [0.2, 0.25) is 0 Å². The summed E-state index contributed by atoms with van der Waals surface area (Å²) < 4.78 is 5.46. The van der Waals surface area contributed by atoms with Crippen LogP contribution in [-0.2, 0) is 4.74 Å². The van der Waals surface area contributed by atoms with E-state index in [1.165, 1.54) is 32.1 Å². The number of rotatable bonds is 8. The summed E-state index contributed by atoms with van der Waals surface area (Å²) in [5.74, 6) is 0. The van der Waals surface area contributed by atoms with Gasteiger partial charge in [0, 0.05) is 19.2 Å². The second-order valence-electron chi connectivity index (χ2n) is 5.08. The first-order chi connectivity index (χ1) is 7.74. The Kier molecular flexibility index (Phi) is 7.01. The van der Waals surface area contributed by atoms with E-state index in [1.807, 2.05) is 7.11 Å². The van der Waals surface area contributed by atoms with E-state index in [-0.39, 0.29) is 0 Å². The van der Waals surface area contributed by atoms with Crippen molar-refractivity contribution in [3.05, 3.63) is 0 Å². The van der Waals surface area contributed by atoms with E-state index in [2.05, 4.69) is 24.5 Å². The molecule has 1 aliphatic carbocycles. The number of hydrogen-bond donors (Lipinski definition) is 2.